The zero-order chi connectivity index (χ0) is 14.1. The van der Waals surface area contributed by atoms with E-state index in [1.165, 1.54) is 103 Å². The monoisotopic (exact) mass is 276 g/mol. The highest BCUT2D eigenvalue weighted by Gasteiger charge is 1.93. The van der Waals surface area contributed by atoms with Crippen LogP contribution in [-0.2, 0) is 0 Å². The highest BCUT2D eigenvalue weighted by atomic mass is 14.0. The predicted octanol–water partition coefficient (Wildman–Crippen LogP) is 7.35. The standard InChI is InChI=1S/C20H36/c1-2-4-6-8-10-12-14-16-18-20-19-17-15-13-11-9-7-5-3-1/h1-2,11,13H,3-10,12,14-20H2/b2-1+,13-11?. The van der Waals surface area contributed by atoms with E-state index in [1.807, 2.05) is 0 Å². The van der Waals surface area contributed by atoms with Crippen LogP contribution in [0.5, 0.6) is 0 Å². The van der Waals surface area contributed by atoms with Gasteiger partial charge in [0.2, 0.25) is 0 Å². The van der Waals surface area contributed by atoms with E-state index in [0.717, 1.165) is 0 Å². The van der Waals surface area contributed by atoms with E-state index < -0.39 is 0 Å². The van der Waals surface area contributed by atoms with E-state index in [0.29, 0.717) is 0 Å². The van der Waals surface area contributed by atoms with E-state index in [9.17, 15) is 0 Å². The average molecular weight is 277 g/mol. The number of hydrogen-bond donors (Lipinski definition) is 0. The molecule has 0 bridgehead atoms. The van der Waals surface area contributed by atoms with E-state index in [1.54, 1.807) is 0 Å². The summed E-state index contributed by atoms with van der Waals surface area (Å²) in [6, 6.07) is 0. The second kappa shape index (κ2) is 14.9. The van der Waals surface area contributed by atoms with Crippen molar-refractivity contribution in [2.24, 2.45) is 0 Å². The van der Waals surface area contributed by atoms with Crippen LogP contribution in [0.4, 0.5) is 0 Å². The lowest BCUT2D eigenvalue weighted by atomic mass is 10.0. The van der Waals surface area contributed by atoms with Crippen molar-refractivity contribution < 1.29 is 0 Å². The zero-order valence-electron chi connectivity index (χ0n) is 13.6. The highest BCUT2D eigenvalue weighted by Crippen LogP contribution is 2.13. The summed E-state index contributed by atoms with van der Waals surface area (Å²) >= 11 is 0. The molecule has 116 valence electrons. The number of allylic oxidation sites excluding steroid dienone is 4. The SMILES string of the molecule is C1=CCCCCCCCCCCCC/C=C/CCCC1. The van der Waals surface area contributed by atoms with E-state index in [2.05, 4.69) is 24.3 Å². The van der Waals surface area contributed by atoms with Gasteiger partial charge in [-0.3, -0.25) is 0 Å². The Morgan fingerprint density at radius 3 is 0.750 bits per heavy atom. The molecule has 0 aromatic rings. The fourth-order valence-electron chi connectivity index (χ4n) is 2.93. The molecule has 0 unspecified atom stereocenters. The molecule has 0 aromatic heterocycles. The normalized spacial score (nSPS) is 24.0. The third-order valence-electron chi connectivity index (χ3n) is 4.32. The molecule has 0 saturated heterocycles. The van der Waals surface area contributed by atoms with Crippen molar-refractivity contribution in [1.82, 2.24) is 0 Å². The van der Waals surface area contributed by atoms with Crippen LogP contribution in [0.25, 0.3) is 0 Å². The second-order valence-electron chi connectivity index (χ2n) is 6.34. The minimum atomic E-state index is 1.29. The Balaban J connectivity index is 2.11. The van der Waals surface area contributed by atoms with Gasteiger partial charge in [-0.25, -0.2) is 0 Å². The lowest BCUT2D eigenvalue weighted by molar-refractivity contribution is 0.553. The van der Waals surface area contributed by atoms with Crippen LogP contribution in [0.3, 0.4) is 0 Å². The Morgan fingerprint density at radius 2 is 0.450 bits per heavy atom. The summed E-state index contributed by atoms with van der Waals surface area (Å²) in [7, 11) is 0. The van der Waals surface area contributed by atoms with Crippen molar-refractivity contribution in [1.29, 1.82) is 0 Å². The number of rotatable bonds is 0. The average Bonchev–Trinajstić information content (AvgIpc) is 2.46. The Bertz CT molecular complexity index is 210. The first kappa shape index (κ1) is 17.5. The van der Waals surface area contributed by atoms with Crippen molar-refractivity contribution >= 4 is 0 Å². The van der Waals surface area contributed by atoms with Crippen molar-refractivity contribution in [2.75, 3.05) is 0 Å². The van der Waals surface area contributed by atoms with Crippen molar-refractivity contribution in [3.63, 3.8) is 0 Å². The number of hydrogen-bond acceptors (Lipinski definition) is 0. The van der Waals surface area contributed by atoms with Crippen molar-refractivity contribution in [2.45, 2.75) is 103 Å². The Labute approximate surface area is 127 Å². The topological polar surface area (TPSA) is 0 Å². The molecule has 0 heteroatoms. The minimum absolute atomic E-state index is 1.29. The van der Waals surface area contributed by atoms with Crippen LogP contribution in [0.1, 0.15) is 103 Å². The molecule has 20 heavy (non-hydrogen) atoms. The van der Waals surface area contributed by atoms with Crippen molar-refractivity contribution in [3.8, 4) is 0 Å². The van der Waals surface area contributed by atoms with Gasteiger partial charge >= 0.3 is 0 Å². The zero-order valence-corrected chi connectivity index (χ0v) is 13.6. The van der Waals surface area contributed by atoms with Gasteiger partial charge in [0.15, 0.2) is 0 Å². The molecule has 0 spiro atoms. The summed E-state index contributed by atoms with van der Waals surface area (Å²) in [5.74, 6) is 0. The molecule has 0 N–H and O–H groups in total. The Morgan fingerprint density at radius 1 is 0.250 bits per heavy atom. The predicted molar refractivity (Wildman–Crippen MR) is 92.2 cm³/mol. The molecule has 0 aliphatic heterocycles. The van der Waals surface area contributed by atoms with Crippen molar-refractivity contribution in [3.05, 3.63) is 24.3 Å². The van der Waals surface area contributed by atoms with Gasteiger partial charge in [0.25, 0.3) is 0 Å². The van der Waals surface area contributed by atoms with Gasteiger partial charge < -0.3 is 0 Å². The molecule has 1 aliphatic rings. The Hall–Kier alpha value is -0.520. The van der Waals surface area contributed by atoms with Crippen LogP contribution in [-0.4, -0.2) is 0 Å². The molecule has 0 atom stereocenters. The molecule has 0 fully saturated rings. The minimum Gasteiger partial charge on any atom is -0.0885 e. The lowest BCUT2D eigenvalue weighted by Gasteiger charge is -2.02. The summed E-state index contributed by atoms with van der Waals surface area (Å²) in [5.41, 5.74) is 0. The third kappa shape index (κ3) is 12.5. The van der Waals surface area contributed by atoms with Gasteiger partial charge in [0, 0.05) is 0 Å². The third-order valence-corrected chi connectivity index (χ3v) is 4.32. The first-order chi connectivity index (χ1) is 10.0. The highest BCUT2D eigenvalue weighted by molar-refractivity contribution is 4.84. The molecule has 0 heterocycles. The fourth-order valence-corrected chi connectivity index (χ4v) is 2.93. The molecule has 0 saturated carbocycles. The summed E-state index contributed by atoms with van der Waals surface area (Å²) < 4.78 is 0. The first-order valence-electron chi connectivity index (χ1n) is 9.30. The first-order valence-corrected chi connectivity index (χ1v) is 9.30. The van der Waals surface area contributed by atoms with Gasteiger partial charge in [-0.1, -0.05) is 75.7 Å². The largest absolute Gasteiger partial charge is 0.0885 e. The molecule has 1 rings (SSSR count). The quantitative estimate of drug-likeness (QED) is 0.405. The molecular weight excluding hydrogens is 240 g/mol. The lowest BCUT2D eigenvalue weighted by Crippen LogP contribution is -1.82. The van der Waals surface area contributed by atoms with Gasteiger partial charge in [-0.2, -0.15) is 0 Å². The fraction of sp³-hybridized carbons (Fsp3) is 0.800. The van der Waals surface area contributed by atoms with Gasteiger partial charge in [-0.05, 0) is 51.4 Å². The molecule has 1 aliphatic carbocycles. The van der Waals surface area contributed by atoms with Crippen LogP contribution in [0.15, 0.2) is 24.3 Å². The van der Waals surface area contributed by atoms with Crippen LogP contribution < -0.4 is 0 Å². The van der Waals surface area contributed by atoms with Gasteiger partial charge in [0.05, 0.1) is 0 Å². The van der Waals surface area contributed by atoms with Crippen LogP contribution >= 0.6 is 0 Å². The summed E-state index contributed by atoms with van der Waals surface area (Å²) in [4.78, 5) is 0. The van der Waals surface area contributed by atoms with Gasteiger partial charge in [-0.15, -0.1) is 0 Å². The summed E-state index contributed by atoms with van der Waals surface area (Å²) in [6.07, 6.45) is 32.0. The van der Waals surface area contributed by atoms with E-state index >= 15 is 0 Å². The van der Waals surface area contributed by atoms with Crippen LogP contribution in [0.2, 0.25) is 0 Å². The summed E-state index contributed by atoms with van der Waals surface area (Å²) in [5, 5.41) is 0. The van der Waals surface area contributed by atoms with E-state index in [-0.39, 0.29) is 0 Å². The van der Waals surface area contributed by atoms with E-state index in [4.69, 9.17) is 0 Å². The second-order valence-corrected chi connectivity index (χ2v) is 6.34. The maximum atomic E-state index is 2.41. The maximum Gasteiger partial charge on any atom is -0.0351 e. The molecule has 0 radical (unpaired) electrons. The summed E-state index contributed by atoms with van der Waals surface area (Å²) in [6.45, 7) is 0. The smallest absolute Gasteiger partial charge is 0.0351 e. The maximum absolute atomic E-state index is 2.41. The molecule has 0 aromatic carbocycles. The molecular formula is C20H36. The van der Waals surface area contributed by atoms with Gasteiger partial charge in [0.1, 0.15) is 0 Å². The Kier molecular flexibility index (Phi) is 13.0. The van der Waals surface area contributed by atoms with Crippen LogP contribution in [0, 0.1) is 0 Å². The molecule has 0 nitrogen and oxygen atoms in total. The molecule has 0 amide bonds.